The van der Waals surface area contributed by atoms with Gasteiger partial charge in [0.2, 0.25) is 0 Å². The van der Waals surface area contributed by atoms with Gasteiger partial charge in [0, 0.05) is 24.9 Å². The molecule has 0 spiro atoms. The molecule has 0 saturated heterocycles. The fraction of sp³-hybridized carbons (Fsp3) is 0.0769. The summed E-state index contributed by atoms with van der Waals surface area (Å²) >= 11 is 5.95. The van der Waals surface area contributed by atoms with E-state index in [1.165, 1.54) is 30.5 Å². The Morgan fingerprint density at radius 3 is 2.67 bits per heavy atom. The predicted octanol–water partition coefficient (Wildman–Crippen LogP) is 2.95. The molecule has 0 saturated carbocycles. The highest BCUT2D eigenvalue weighted by molar-refractivity contribution is 6.33. The van der Waals surface area contributed by atoms with Gasteiger partial charge in [-0.15, -0.1) is 0 Å². The van der Waals surface area contributed by atoms with E-state index in [9.17, 15) is 14.9 Å². The van der Waals surface area contributed by atoms with Gasteiger partial charge in [0.1, 0.15) is 5.69 Å². The molecule has 1 aromatic carbocycles. The Labute approximate surface area is 124 Å². The van der Waals surface area contributed by atoms with Gasteiger partial charge in [-0.2, -0.15) is 0 Å². The van der Waals surface area contributed by atoms with Crippen molar-refractivity contribution < 1.29 is 14.8 Å². The monoisotopic (exact) mass is 307 g/mol. The van der Waals surface area contributed by atoms with Crippen LogP contribution in [0.25, 0.3) is 0 Å². The van der Waals surface area contributed by atoms with Gasteiger partial charge in [-0.05, 0) is 17.7 Å². The van der Waals surface area contributed by atoms with Crippen LogP contribution in [-0.2, 0) is 6.54 Å². The number of carboxylic acids is 1. The lowest BCUT2D eigenvalue weighted by Crippen LogP contribution is -2.04. The Bertz CT molecular complexity index is 688. The molecule has 0 bridgehead atoms. The molecule has 1 aromatic heterocycles. The van der Waals surface area contributed by atoms with Crippen LogP contribution in [0.15, 0.2) is 36.5 Å². The van der Waals surface area contributed by atoms with Gasteiger partial charge in [0.05, 0.1) is 15.6 Å². The Morgan fingerprint density at radius 1 is 1.38 bits per heavy atom. The van der Waals surface area contributed by atoms with Crippen LogP contribution in [0.4, 0.5) is 11.4 Å². The SMILES string of the molecule is O=C(O)c1ccc(CNc2ccc([N+](=O)[O-])cc2Cl)cn1. The van der Waals surface area contributed by atoms with Crippen LogP contribution in [-0.4, -0.2) is 21.0 Å². The van der Waals surface area contributed by atoms with Gasteiger partial charge < -0.3 is 10.4 Å². The summed E-state index contributed by atoms with van der Waals surface area (Å²) in [5.74, 6) is -1.09. The fourth-order valence-electron chi connectivity index (χ4n) is 1.61. The highest BCUT2D eigenvalue weighted by Gasteiger charge is 2.09. The molecule has 2 aromatic rings. The number of nitro benzene ring substituents is 1. The molecule has 1 heterocycles. The molecule has 8 heteroatoms. The zero-order valence-electron chi connectivity index (χ0n) is 10.6. The number of halogens is 1. The van der Waals surface area contributed by atoms with E-state index in [4.69, 9.17) is 16.7 Å². The molecular formula is C13H10ClN3O4. The number of benzene rings is 1. The average molecular weight is 308 g/mol. The van der Waals surface area contributed by atoms with Gasteiger partial charge in [0.15, 0.2) is 0 Å². The lowest BCUT2D eigenvalue weighted by molar-refractivity contribution is -0.384. The molecule has 7 nitrogen and oxygen atoms in total. The first-order valence-corrected chi connectivity index (χ1v) is 6.21. The molecule has 0 atom stereocenters. The summed E-state index contributed by atoms with van der Waals surface area (Å²) in [6.45, 7) is 0.366. The van der Waals surface area contributed by atoms with Crippen LogP contribution in [0.2, 0.25) is 5.02 Å². The zero-order valence-corrected chi connectivity index (χ0v) is 11.4. The number of pyridine rings is 1. The number of nitrogens with one attached hydrogen (secondary N) is 1. The van der Waals surface area contributed by atoms with Gasteiger partial charge in [-0.1, -0.05) is 17.7 Å². The second-order valence-corrected chi connectivity index (χ2v) is 4.54. The zero-order chi connectivity index (χ0) is 15.4. The summed E-state index contributed by atoms with van der Waals surface area (Å²) < 4.78 is 0. The van der Waals surface area contributed by atoms with Crippen molar-refractivity contribution in [3.05, 3.63) is 62.9 Å². The highest BCUT2D eigenvalue weighted by atomic mass is 35.5. The number of hydrogen-bond donors (Lipinski definition) is 2. The lowest BCUT2D eigenvalue weighted by atomic mass is 10.2. The van der Waals surface area contributed by atoms with E-state index in [1.807, 2.05) is 0 Å². The molecule has 0 amide bonds. The minimum atomic E-state index is -1.09. The molecule has 0 aliphatic rings. The molecule has 0 fully saturated rings. The van der Waals surface area contributed by atoms with E-state index < -0.39 is 10.9 Å². The van der Waals surface area contributed by atoms with Crippen molar-refractivity contribution in [1.82, 2.24) is 4.98 Å². The summed E-state index contributed by atoms with van der Waals surface area (Å²) in [6, 6.07) is 7.15. The van der Waals surface area contributed by atoms with E-state index in [2.05, 4.69) is 10.3 Å². The van der Waals surface area contributed by atoms with Crippen LogP contribution in [0.1, 0.15) is 16.1 Å². The number of carboxylic acid groups (broad SMARTS) is 1. The number of nitro groups is 1. The number of non-ortho nitro benzene ring substituents is 1. The second-order valence-electron chi connectivity index (χ2n) is 4.13. The average Bonchev–Trinajstić information content (AvgIpc) is 2.46. The smallest absolute Gasteiger partial charge is 0.354 e. The standard InChI is InChI=1S/C13H10ClN3O4/c14-10-5-9(17(20)21)2-4-11(10)15-6-8-1-3-12(13(18)19)16-7-8/h1-5,7,15H,6H2,(H,18,19). The summed E-state index contributed by atoms with van der Waals surface area (Å²) in [7, 11) is 0. The van der Waals surface area contributed by atoms with Crippen LogP contribution >= 0.6 is 11.6 Å². The number of rotatable bonds is 5. The first kappa shape index (κ1) is 14.7. The minimum absolute atomic E-state index is 0.0351. The Kier molecular flexibility index (Phi) is 4.34. The number of aromatic carboxylic acids is 1. The summed E-state index contributed by atoms with van der Waals surface area (Å²) in [4.78, 5) is 24.5. The first-order chi connectivity index (χ1) is 9.97. The topological polar surface area (TPSA) is 105 Å². The van der Waals surface area contributed by atoms with Crippen molar-refractivity contribution in [2.45, 2.75) is 6.54 Å². The van der Waals surface area contributed by atoms with E-state index in [-0.39, 0.29) is 16.4 Å². The van der Waals surface area contributed by atoms with Crippen molar-refractivity contribution in [1.29, 1.82) is 0 Å². The van der Waals surface area contributed by atoms with Crippen molar-refractivity contribution in [2.24, 2.45) is 0 Å². The van der Waals surface area contributed by atoms with Crippen LogP contribution < -0.4 is 5.32 Å². The van der Waals surface area contributed by atoms with Gasteiger partial charge in [-0.25, -0.2) is 9.78 Å². The maximum absolute atomic E-state index is 10.7. The number of carbonyl (C=O) groups is 1. The highest BCUT2D eigenvalue weighted by Crippen LogP contribution is 2.26. The maximum Gasteiger partial charge on any atom is 0.354 e. The normalized spacial score (nSPS) is 10.1. The van der Waals surface area contributed by atoms with Crippen LogP contribution in [0.5, 0.6) is 0 Å². The van der Waals surface area contributed by atoms with Crippen molar-refractivity contribution >= 4 is 28.9 Å². The number of aromatic nitrogens is 1. The predicted molar refractivity (Wildman–Crippen MR) is 76.6 cm³/mol. The summed E-state index contributed by atoms with van der Waals surface area (Å²) in [5.41, 5.74) is 1.18. The van der Waals surface area contributed by atoms with Crippen LogP contribution in [0.3, 0.4) is 0 Å². The maximum atomic E-state index is 10.7. The number of nitrogens with zero attached hydrogens (tertiary/aromatic N) is 2. The molecule has 2 N–H and O–H groups in total. The minimum Gasteiger partial charge on any atom is -0.477 e. The van der Waals surface area contributed by atoms with Crippen LogP contribution in [0, 0.1) is 10.1 Å². The van der Waals surface area contributed by atoms with E-state index in [0.29, 0.717) is 12.2 Å². The van der Waals surface area contributed by atoms with Crippen molar-refractivity contribution in [3.8, 4) is 0 Å². The third-order valence-electron chi connectivity index (χ3n) is 2.69. The molecule has 108 valence electrons. The fourth-order valence-corrected chi connectivity index (χ4v) is 1.86. The Balaban J connectivity index is 2.06. The lowest BCUT2D eigenvalue weighted by Gasteiger charge is -2.08. The molecule has 0 radical (unpaired) electrons. The molecule has 0 aliphatic carbocycles. The quantitative estimate of drug-likeness (QED) is 0.650. The second kappa shape index (κ2) is 6.19. The number of hydrogen-bond acceptors (Lipinski definition) is 5. The molecule has 2 rings (SSSR count). The molecule has 0 unspecified atom stereocenters. The summed E-state index contributed by atoms with van der Waals surface area (Å²) in [6.07, 6.45) is 1.44. The first-order valence-electron chi connectivity index (χ1n) is 5.83. The van der Waals surface area contributed by atoms with E-state index >= 15 is 0 Å². The van der Waals surface area contributed by atoms with Crippen molar-refractivity contribution in [3.63, 3.8) is 0 Å². The Morgan fingerprint density at radius 2 is 2.14 bits per heavy atom. The van der Waals surface area contributed by atoms with E-state index in [1.54, 1.807) is 6.07 Å². The third kappa shape index (κ3) is 3.67. The van der Waals surface area contributed by atoms with Gasteiger partial charge >= 0.3 is 5.97 Å². The van der Waals surface area contributed by atoms with Gasteiger partial charge in [-0.3, -0.25) is 10.1 Å². The van der Waals surface area contributed by atoms with E-state index in [0.717, 1.165) is 5.56 Å². The number of anilines is 1. The molecule has 0 aliphatic heterocycles. The largest absolute Gasteiger partial charge is 0.477 e. The molecule has 21 heavy (non-hydrogen) atoms. The Hall–Kier alpha value is -2.67. The third-order valence-corrected chi connectivity index (χ3v) is 3.00. The summed E-state index contributed by atoms with van der Waals surface area (Å²) in [5, 5.41) is 22.6. The van der Waals surface area contributed by atoms with Crippen molar-refractivity contribution in [2.75, 3.05) is 5.32 Å². The van der Waals surface area contributed by atoms with Gasteiger partial charge in [0.25, 0.3) is 5.69 Å². The molecular weight excluding hydrogens is 298 g/mol.